The van der Waals surface area contributed by atoms with Crippen LogP contribution in [0.2, 0.25) is 0 Å². The lowest BCUT2D eigenvalue weighted by molar-refractivity contribution is 0.0514. The third-order valence-corrected chi connectivity index (χ3v) is 1.93. The highest BCUT2D eigenvalue weighted by Crippen LogP contribution is 2.21. The quantitative estimate of drug-likeness (QED) is 0.773. The third-order valence-electron chi connectivity index (χ3n) is 1.93. The largest absolute Gasteiger partial charge is 0.492 e. The van der Waals surface area contributed by atoms with Gasteiger partial charge in [-0.05, 0) is 13.3 Å². The molecule has 4 nitrogen and oxygen atoms in total. The van der Waals surface area contributed by atoms with E-state index in [0.717, 1.165) is 12.2 Å². The Morgan fingerprint density at radius 1 is 1.62 bits per heavy atom. The Morgan fingerprint density at radius 2 is 2.31 bits per heavy atom. The van der Waals surface area contributed by atoms with Crippen molar-refractivity contribution >= 4 is 0 Å². The van der Waals surface area contributed by atoms with Gasteiger partial charge in [-0.15, -0.1) is 0 Å². The number of hydrogen-bond donors (Lipinski definition) is 1. The van der Waals surface area contributed by atoms with Gasteiger partial charge in [0.15, 0.2) is 0 Å². The first-order chi connectivity index (χ1) is 6.19. The molecule has 1 atom stereocenters. The van der Waals surface area contributed by atoms with E-state index in [1.165, 1.54) is 0 Å². The van der Waals surface area contributed by atoms with Crippen LogP contribution in [0.4, 0.5) is 0 Å². The van der Waals surface area contributed by atoms with Gasteiger partial charge in [0.1, 0.15) is 11.9 Å². The van der Waals surface area contributed by atoms with E-state index in [4.69, 9.17) is 9.84 Å². The maximum atomic E-state index is 9.16. The number of imidazole rings is 1. The molecule has 0 radical (unpaired) electrons. The smallest absolute Gasteiger partial charge is 0.229 e. The molecular weight excluding hydrogens is 168 g/mol. The van der Waals surface area contributed by atoms with Crippen molar-refractivity contribution in [2.45, 2.75) is 26.4 Å². The molecule has 0 fully saturated rings. The fourth-order valence-electron chi connectivity index (χ4n) is 1.34. The van der Waals surface area contributed by atoms with Crippen LogP contribution in [0.15, 0.2) is 6.20 Å². The van der Waals surface area contributed by atoms with Gasteiger partial charge in [-0.2, -0.15) is 4.98 Å². The minimum atomic E-state index is -0.0177. The van der Waals surface area contributed by atoms with Gasteiger partial charge in [-0.3, -0.25) is 0 Å². The molecule has 0 bridgehead atoms. The van der Waals surface area contributed by atoms with Crippen molar-refractivity contribution in [3.05, 3.63) is 12.0 Å². The predicted octanol–water partition coefficient (Wildman–Crippen LogP) is 1.61. The lowest BCUT2D eigenvalue weighted by Gasteiger charge is -2.13. The topological polar surface area (TPSA) is 47.3 Å². The molecule has 1 aromatic heterocycles. The molecule has 0 aromatic carbocycles. The highest BCUT2D eigenvalue weighted by atomic mass is 16.5. The van der Waals surface area contributed by atoms with Crippen molar-refractivity contribution in [3.63, 3.8) is 0 Å². The summed E-state index contributed by atoms with van der Waals surface area (Å²) in [7, 11) is 1.85. The Morgan fingerprint density at radius 3 is 2.69 bits per heavy atom. The summed E-state index contributed by atoms with van der Waals surface area (Å²) in [5.74, 6) is 0.831. The maximum absolute atomic E-state index is 9.16. The molecule has 1 unspecified atom stereocenters. The zero-order valence-electron chi connectivity index (χ0n) is 8.32. The van der Waals surface area contributed by atoms with Gasteiger partial charge in [0, 0.05) is 13.7 Å². The van der Waals surface area contributed by atoms with Gasteiger partial charge in [-0.25, -0.2) is 0 Å². The second-order valence-electron chi connectivity index (χ2n) is 2.92. The van der Waals surface area contributed by atoms with Gasteiger partial charge in [-0.1, -0.05) is 6.92 Å². The lowest BCUT2D eigenvalue weighted by atomic mass is 10.2. The molecule has 1 aromatic rings. The average Bonchev–Trinajstić information content (AvgIpc) is 2.41. The highest BCUT2D eigenvalue weighted by molar-refractivity contribution is 5.09. The number of ether oxygens (including phenoxy) is 1. The summed E-state index contributed by atoms with van der Waals surface area (Å²) in [6.45, 7) is 4.64. The average molecular weight is 184 g/mol. The molecule has 0 saturated carbocycles. The predicted molar refractivity (Wildman–Crippen MR) is 49.5 cm³/mol. The normalized spacial score (nSPS) is 13.2. The number of aromatic nitrogens is 2. The van der Waals surface area contributed by atoms with E-state index in [2.05, 4.69) is 4.98 Å². The van der Waals surface area contributed by atoms with Crippen LogP contribution in [0.5, 0.6) is 5.88 Å². The minimum Gasteiger partial charge on any atom is -0.492 e. The van der Waals surface area contributed by atoms with Crippen molar-refractivity contribution in [1.82, 2.24) is 9.55 Å². The SMILES string of the molecule is CCOC(CC)c1nc(O)cn1C. The Balaban J connectivity index is 2.83. The molecule has 74 valence electrons. The fourth-order valence-corrected chi connectivity index (χ4v) is 1.34. The minimum absolute atomic E-state index is 0.0177. The zero-order valence-corrected chi connectivity index (χ0v) is 8.32. The number of aryl methyl sites for hydroxylation is 1. The summed E-state index contributed by atoms with van der Waals surface area (Å²) in [6.07, 6.45) is 2.42. The van der Waals surface area contributed by atoms with Crippen LogP contribution < -0.4 is 0 Å². The van der Waals surface area contributed by atoms with Gasteiger partial charge < -0.3 is 14.4 Å². The number of hydrogen-bond acceptors (Lipinski definition) is 3. The van der Waals surface area contributed by atoms with Crippen molar-refractivity contribution < 1.29 is 9.84 Å². The summed E-state index contributed by atoms with van der Waals surface area (Å²) in [4.78, 5) is 3.99. The van der Waals surface area contributed by atoms with Crippen molar-refractivity contribution in [2.24, 2.45) is 7.05 Å². The van der Waals surface area contributed by atoms with E-state index < -0.39 is 0 Å². The maximum Gasteiger partial charge on any atom is 0.229 e. The molecule has 4 heteroatoms. The number of nitrogens with zero attached hydrogens (tertiary/aromatic N) is 2. The molecule has 0 aliphatic rings. The van der Waals surface area contributed by atoms with Crippen LogP contribution in [0.3, 0.4) is 0 Å². The molecule has 1 N–H and O–H groups in total. The van der Waals surface area contributed by atoms with E-state index in [9.17, 15) is 0 Å². The Hall–Kier alpha value is -1.03. The van der Waals surface area contributed by atoms with E-state index >= 15 is 0 Å². The van der Waals surface area contributed by atoms with Crippen LogP contribution >= 0.6 is 0 Å². The van der Waals surface area contributed by atoms with E-state index in [0.29, 0.717) is 6.61 Å². The summed E-state index contributed by atoms with van der Waals surface area (Å²) >= 11 is 0. The van der Waals surface area contributed by atoms with Crippen LogP contribution in [-0.2, 0) is 11.8 Å². The second-order valence-corrected chi connectivity index (χ2v) is 2.92. The van der Waals surface area contributed by atoms with Crippen molar-refractivity contribution in [3.8, 4) is 5.88 Å². The van der Waals surface area contributed by atoms with Gasteiger partial charge in [0.2, 0.25) is 5.88 Å². The van der Waals surface area contributed by atoms with E-state index in [1.807, 2.05) is 20.9 Å². The van der Waals surface area contributed by atoms with Crippen molar-refractivity contribution in [1.29, 1.82) is 0 Å². The summed E-state index contributed by atoms with van der Waals surface area (Å²) in [6, 6.07) is 0. The molecule has 13 heavy (non-hydrogen) atoms. The summed E-state index contributed by atoms with van der Waals surface area (Å²) in [5.41, 5.74) is 0. The molecular formula is C9H16N2O2. The van der Waals surface area contributed by atoms with E-state index in [1.54, 1.807) is 10.8 Å². The Labute approximate surface area is 78.2 Å². The monoisotopic (exact) mass is 184 g/mol. The molecule has 0 spiro atoms. The number of rotatable bonds is 4. The zero-order chi connectivity index (χ0) is 9.84. The van der Waals surface area contributed by atoms with Crippen LogP contribution in [-0.4, -0.2) is 21.3 Å². The van der Waals surface area contributed by atoms with Gasteiger partial charge in [0.25, 0.3) is 0 Å². The summed E-state index contributed by atoms with van der Waals surface area (Å²) < 4.78 is 7.27. The second kappa shape index (κ2) is 4.28. The standard InChI is InChI=1S/C9H16N2O2/c1-4-7(13-5-2)9-10-8(12)6-11(9)3/h6-7,12H,4-5H2,1-3H3. The van der Waals surface area contributed by atoms with Crippen LogP contribution in [0.25, 0.3) is 0 Å². The fraction of sp³-hybridized carbons (Fsp3) is 0.667. The highest BCUT2D eigenvalue weighted by Gasteiger charge is 2.15. The van der Waals surface area contributed by atoms with Gasteiger partial charge >= 0.3 is 0 Å². The lowest BCUT2D eigenvalue weighted by Crippen LogP contribution is -2.08. The first-order valence-electron chi connectivity index (χ1n) is 4.52. The Bertz CT molecular complexity index is 271. The van der Waals surface area contributed by atoms with Crippen LogP contribution in [0, 0.1) is 0 Å². The van der Waals surface area contributed by atoms with Crippen molar-refractivity contribution in [2.75, 3.05) is 6.61 Å². The Kier molecular flexibility index (Phi) is 3.31. The first kappa shape index (κ1) is 10.1. The van der Waals surface area contributed by atoms with E-state index in [-0.39, 0.29) is 12.0 Å². The number of aromatic hydroxyl groups is 1. The molecule has 1 rings (SSSR count). The molecule has 0 aliphatic carbocycles. The van der Waals surface area contributed by atoms with Gasteiger partial charge in [0.05, 0.1) is 6.20 Å². The molecule has 1 heterocycles. The van der Waals surface area contributed by atoms with Crippen LogP contribution in [0.1, 0.15) is 32.2 Å². The molecule has 0 aliphatic heterocycles. The molecule has 0 saturated heterocycles. The molecule has 0 amide bonds. The first-order valence-corrected chi connectivity index (χ1v) is 4.52. The summed E-state index contributed by atoms with van der Waals surface area (Å²) in [5, 5.41) is 9.16. The third kappa shape index (κ3) is 2.21.